The molecule has 12 heteroatoms. The zero-order valence-electron chi connectivity index (χ0n) is 42.9. The van der Waals surface area contributed by atoms with Crippen LogP contribution >= 0.6 is 0 Å². The number of carbonyl (C=O) groups excluding carboxylic acids is 2. The molecule has 0 aromatic carbocycles. The number of amides is 1. The Morgan fingerprint density at radius 1 is 0.921 bits per heavy atom. The number of carbonyl (C=O) groups is 2. The zero-order valence-corrected chi connectivity index (χ0v) is 44.9. The fourth-order valence-electron chi connectivity index (χ4n) is 10.3. The zero-order chi connectivity index (χ0) is 47.3. The van der Waals surface area contributed by atoms with Gasteiger partial charge in [-0.25, -0.2) is 4.79 Å². The molecule has 3 aliphatic heterocycles. The molecule has 10 nitrogen and oxygen atoms in total. The summed E-state index contributed by atoms with van der Waals surface area (Å²) >= 11 is 0. The van der Waals surface area contributed by atoms with Gasteiger partial charge in [-0.15, -0.1) is 0 Å². The highest BCUT2D eigenvalue weighted by Gasteiger charge is 2.49. The molecule has 2 fully saturated rings. The number of rotatable bonds is 20. The largest absolute Gasteiger partial charge is 0.457 e. The van der Waals surface area contributed by atoms with E-state index in [1.165, 1.54) is 0 Å². The van der Waals surface area contributed by atoms with Crippen LogP contribution in [0.25, 0.3) is 0 Å². The van der Waals surface area contributed by atoms with Gasteiger partial charge in [0.2, 0.25) is 0 Å². The molecule has 3 rings (SSSR count). The molecule has 0 saturated carbocycles. The lowest BCUT2D eigenvalue weighted by molar-refractivity contribution is -0.151. The minimum atomic E-state index is -2.14. The van der Waals surface area contributed by atoms with Crippen molar-refractivity contribution >= 4 is 28.7 Å². The molecule has 1 amide bonds. The number of ether oxygens (including phenoxy) is 3. The number of aliphatic hydroxyl groups is 1. The van der Waals surface area contributed by atoms with Crippen molar-refractivity contribution in [2.24, 2.45) is 17.8 Å². The maximum absolute atomic E-state index is 13.9. The minimum absolute atomic E-state index is 0.0123. The minimum Gasteiger partial charge on any atom is -0.457 e. The molecular weight excluding hydrogens is 825 g/mol. The van der Waals surface area contributed by atoms with Crippen LogP contribution in [0, 0.1) is 17.8 Å². The molecule has 3 heterocycles. The lowest BCUT2D eigenvalue weighted by atomic mass is 9.91. The SMILES string of the molecule is CCC(O[Si](CC)(CC)C(C)C)C(C)C1OC1CC(C)(O)C=CC=C(C)C1OC(=O)CC(O[Si](CC)(CC)C(C)C)CCC(C)C(OC(=O)N2CCCN(C(C)C)CC2)C=CC1C. The first-order valence-electron chi connectivity index (χ1n) is 25.3. The van der Waals surface area contributed by atoms with Gasteiger partial charge in [-0.1, -0.05) is 107 Å². The van der Waals surface area contributed by atoms with Crippen molar-refractivity contribution in [1.82, 2.24) is 9.80 Å². The Labute approximate surface area is 387 Å². The normalized spacial score (nSPS) is 28.4. The molecule has 63 heavy (non-hydrogen) atoms. The standard InChI is InChI=1S/C51H94N2O8Si2/c1-17-44(61-63(20-4,21-5)38(10)11)42(15)49-46(57-49)35-51(16,56)29-22-24-40(13)48-41(14)26-28-45(58-50(55)53-31-23-30-52(32-33-53)36(6)7)39(12)25-27-43(34-47(54)59-48)60-62(18-2,19-3)37(8)9/h22,24,26,28-29,36-39,41-46,48-49,56H,17-21,23,25,27,30-35H2,1-16H3. The number of hydrogen-bond acceptors (Lipinski definition) is 9. The van der Waals surface area contributed by atoms with E-state index in [1.54, 1.807) is 0 Å². The van der Waals surface area contributed by atoms with E-state index >= 15 is 0 Å². The van der Waals surface area contributed by atoms with E-state index in [0.29, 0.717) is 43.1 Å². The van der Waals surface area contributed by atoms with Crippen LogP contribution in [0.1, 0.15) is 149 Å². The monoisotopic (exact) mass is 919 g/mol. The highest BCUT2D eigenvalue weighted by molar-refractivity contribution is 6.75. The molecule has 0 radical (unpaired) electrons. The third kappa shape index (κ3) is 15.9. The van der Waals surface area contributed by atoms with Crippen molar-refractivity contribution in [3.8, 4) is 0 Å². The lowest BCUT2D eigenvalue weighted by Crippen LogP contribution is -2.46. The molecule has 0 aromatic heterocycles. The topological polar surface area (TPSA) is 110 Å². The Morgan fingerprint density at radius 3 is 2.13 bits per heavy atom. The van der Waals surface area contributed by atoms with E-state index in [-0.39, 0.29) is 60.7 Å². The maximum atomic E-state index is 13.9. The summed E-state index contributed by atoms with van der Waals surface area (Å²) in [6, 6.07) is 4.61. The molecule has 2 saturated heterocycles. The number of nitrogens with zero attached hydrogens (tertiary/aromatic N) is 2. The van der Waals surface area contributed by atoms with E-state index in [4.69, 9.17) is 23.1 Å². The van der Waals surface area contributed by atoms with Gasteiger partial charge in [0.25, 0.3) is 0 Å². The molecule has 364 valence electrons. The molecule has 3 aliphatic rings. The van der Waals surface area contributed by atoms with Crippen LogP contribution in [0.3, 0.4) is 0 Å². The first-order chi connectivity index (χ1) is 29.6. The summed E-state index contributed by atoms with van der Waals surface area (Å²) in [5.74, 6) is -0.233. The van der Waals surface area contributed by atoms with Gasteiger partial charge in [-0.05, 0) is 106 Å². The third-order valence-corrected chi connectivity index (χ3v) is 25.9. The summed E-state index contributed by atoms with van der Waals surface area (Å²) in [6.07, 6.45) is 12.2. The first kappa shape index (κ1) is 55.5. The number of esters is 1. The molecular formula is C51H94N2O8Si2. The van der Waals surface area contributed by atoms with Crippen molar-refractivity contribution in [3.63, 3.8) is 0 Å². The summed E-state index contributed by atoms with van der Waals surface area (Å²) in [5.41, 5.74) is 0.723. The average Bonchev–Trinajstić information content (AvgIpc) is 4.04. The van der Waals surface area contributed by atoms with E-state index in [9.17, 15) is 14.7 Å². The Morgan fingerprint density at radius 2 is 1.56 bits per heavy atom. The maximum Gasteiger partial charge on any atom is 0.410 e. The van der Waals surface area contributed by atoms with Gasteiger partial charge in [0, 0.05) is 56.6 Å². The Bertz CT molecular complexity index is 1490. The molecule has 10 atom stereocenters. The molecule has 0 aromatic rings. The van der Waals surface area contributed by atoms with E-state index in [0.717, 1.165) is 62.1 Å². The second-order valence-corrected chi connectivity index (χ2v) is 30.6. The van der Waals surface area contributed by atoms with Crippen LogP contribution in [0.2, 0.25) is 35.3 Å². The number of epoxide rings is 1. The van der Waals surface area contributed by atoms with Crippen molar-refractivity contribution < 1.29 is 37.8 Å². The van der Waals surface area contributed by atoms with Gasteiger partial charge < -0.3 is 33.1 Å². The fourth-order valence-corrected chi connectivity index (χ4v) is 17.6. The van der Waals surface area contributed by atoms with Gasteiger partial charge in [-0.2, -0.15) is 0 Å². The van der Waals surface area contributed by atoms with Crippen molar-refractivity contribution in [2.75, 3.05) is 26.2 Å². The van der Waals surface area contributed by atoms with Gasteiger partial charge >= 0.3 is 12.1 Å². The fraction of sp³-hybridized carbons (Fsp3) is 0.843. The van der Waals surface area contributed by atoms with E-state index < -0.39 is 34.4 Å². The number of cyclic esters (lactones) is 1. The van der Waals surface area contributed by atoms with Crippen LogP contribution in [-0.4, -0.2) is 118 Å². The van der Waals surface area contributed by atoms with Crippen LogP contribution in [-0.2, 0) is 27.9 Å². The lowest BCUT2D eigenvalue weighted by Gasteiger charge is -2.39. The number of allylic oxidation sites excluding steroid dienone is 2. The van der Waals surface area contributed by atoms with Crippen LogP contribution in [0.15, 0.2) is 36.0 Å². The highest BCUT2D eigenvalue weighted by Crippen LogP contribution is 2.41. The van der Waals surface area contributed by atoms with Crippen LogP contribution in [0.4, 0.5) is 4.79 Å². The number of hydrogen-bond donors (Lipinski definition) is 1. The van der Waals surface area contributed by atoms with Crippen LogP contribution in [0.5, 0.6) is 0 Å². The molecule has 1 N–H and O–H groups in total. The van der Waals surface area contributed by atoms with Crippen molar-refractivity contribution in [2.45, 2.75) is 233 Å². The summed E-state index contributed by atoms with van der Waals surface area (Å²) in [6.45, 7) is 38.1. The Balaban J connectivity index is 1.84. The van der Waals surface area contributed by atoms with Gasteiger partial charge in [-0.3, -0.25) is 9.69 Å². The Hall–Kier alpha value is -1.81. The van der Waals surface area contributed by atoms with Crippen molar-refractivity contribution in [1.29, 1.82) is 0 Å². The first-order valence-corrected chi connectivity index (χ1v) is 30.1. The quantitative estimate of drug-likeness (QED) is 0.0420. The van der Waals surface area contributed by atoms with Gasteiger partial charge in [0.05, 0.1) is 30.3 Å². The Kier molecular flexibility index (Phi) is 22.4. The third-order valence-electron chi connectivity index (χ3n) is 15.3. The van der Waals surface area contributed by atoms with E-state index in [1.807, 2.05) is 56.1 Å². The predicted octanol–water partition coefficient (Wildman–Crippen LogP) is 11.8. The molecule has 10 unspecified atom stereocenters. The van der Waals surface area contributed by atoms with Crippen molar-refractivity contribution in [3.05, 3.63) is 36.0 Å². The van der Waals surface area contributed by atoms with E-state index in [2.05, 4.69) is 94.9 Å². The predicted molar refractivity (Wildman–Crippen MR) is 264 cm³/mol. The van der Waals surface area contributed by atoms with Crippen LogP contribution < -0.4 is 0 Å². The molecule has 0 spiro atoms. The molecule has 0 aliphatic carbocycles. The summed E-state index contributed by atoms with van der Waals surface area (Å²) in [4.78, 5) is 32.0. The summed E-state index contributed by atoms with van der Waals surface area (Å²) in [5, 5.41) is 11.6. The second kappa shape index (κ2) is 25.4. The smallest absolute Gasteiger partial charge is 0.410 e. The summed E-state index contributed by atoms with van der Waals surface area (Å²) < 4.78 is 33.1. The molecule has 0 bridgehead atoms. The average molecular weight is 919 g/mol. The second-order valence-electron chi connectivity index (χ2n) is 20.7. The highest BCUT2D eigenvalue weighted by atomic mass is 28.4. The van der Waals surface area contributed by atoms with Gasteiger partial charge in [0.1, 0.15) is 12.2 Å². The summed E-state index contributed by atoms with van der Waals surface area (Å²) in [7, 11) is -4.00. The van der Waals surface area contributed by atoms with Gasteiger partial charge in [0.15, 0.2) is 16.6 Å².